The summed E-state index contributed by atoms with van der Waals surface area (Å²) in [5.74, 6) is 0.243. The van der Waals surface area contributed by atoms with E-state index in [-0.39, 0.29) is 5.91 Å². The van der Waals surface area contributed by atoms with Crippen molar-refractivity contribution in [3.63, 3.8) is 0 Å². The smallest absolute Gasteiger partial charge is 0.344 e. The number of hydrogen-bond donors (Lipinski definition) is 1. The summed E-state index contributed by atoms with van der Waals surface area (Å²) in [5.41, 5.74) is 2.63. The minimum atomic E-state index is -0.408. The lowest BCUT2D eigenvalue weighted by atomic mass is 10.0. The Balaban J connectivity index is 1.60. The van der Waals surface area contributed by atoms with Crippen molar-refractivity contribution in [3.8, 4) is 11.1 Å². The van der Waals surface area contributed by atoms with Crippen LogP contribution in [0.5, 0.6) is 0 Å². The fourth-order valence-corrected chi connectivity index (χ4v) is 3.17. The number of carbonyl (C=O) groups is 1. The molecule has 2 aromatic carbocycles. The van der Waals surface area contributed by atoms with Crippen molar-refractivity contribution in [1.82, 2.24) is 4.98 Å². The van der Waals surface area contributed by atoms with E-state index < -0.39 is 5.63 Å². The van der Waals surface area contributed by atoms with Crippen LogP contribution in [0.25, 0.3) is 22.1 Å². The number of amides is 1. The number of hydrogen-bond acceptors (Lipinski definition) is 4. The van der Waals surface area contributed by atoms with Gasteiger partial charge in [0.2, 0.25) is 0 Å². The van der Waals surface area contributed by atoms with Crippen LogP contribution < -0.4 is 10.9 Å². The van der Waals surface area contributed by atoms with Gasteiger partial charge < -0.3 is 9.73 Å². The summed E-state index contributed by atoms with van der Waals surface area (Å²) in [7, 11) is 0. The van der Waals surface area contributed by atoms with Crippen LogP contribution in [-0.4, -0.2) is 10.9 Å². The average Bonchev–Trinajstić information content (AvgIpc) is 2.70. The first-order chi connectivity index (χ1) is 13.5. The van der Waals surface area contributed by atoms with Crippen molar-refractivity contribution in [3.05, 3.63) is 92.0 Å². The molecule has 0 aliphatic heterocycles. The highest BCUT2D eigenvalue weighted by Gasteiger charge is 2.11. The topological polar surface area (TPSA) is 72.2 Å². The molecule has 1 amide bonds. The number of anilines is 1. The van der Waals surface area contributed by atoms with E-state index in [1.165, 1.54) is 0 Å². The molecule has 28 heavy (non-hydrogen) atoms. The number of nitrogens with zero attached hydrogens (tertiary/aromatic N) is 1. The SMILES string of the molecule is Cc1nc(NC(=O)c2ccc(-c3cc4ccccc4oc3=O)cc2)ccc1I. The standard InChI is InChI=1S/C22H15IN2O3/c1-13-18(23)10-11-20(24-13)25-21(26)15-8-6-14(7-9-15)17-12-16-4-2-3-5-19(16)28-22(17)27/h2-12H,1H3,(H,24,25,26). The van der Waals surface area contributed by atoms with Crippen LogP contribution in [0, 0.1) is 10.5 Å². The molecule has 5 nitrogen and oxygen atoms in total. The van der Waals surface area contributed by atoms with E-state index in [4.69, 9.17) is 4.42 Å². The zero-order valence-electron chi connectivity index (χ0n) is 14.9. The molecule has 0 fully saturated rings. The molecule has 6 heteroatoms. The first-order valence-electron chi connectivity index (χ1n) is 8.59. The molecule has 138 valence electrons. The fourth-order valence-electron chi connectivity index (χ4n) is 2.87. The zero-order valence-corrected chi connectivity index (χ0v) is 17.1. The van der Waals surface area contributed by atoms with E-state index in [2.05, 4.69) is 32.9 Å². The summed E-state index contributed by atoms with van der Waals surface area (Å²) in [6.45, 7) is 1.89. The van der Waals surface area contributed by atoms with Crippen LogP contribution in [0.15, 0.2) is 75.9 Å². The zero-order chi connectivity index (χ0) is 19.7. The predicted molar refractivity (Wildman–Crippen MR) is 118 cm³/mol. The molecule has 0 radical (unpaired) electrons. The maximum absolute atomic E-state index is 12.5. The lowest BCUT2D eigenvalue weighted by molar-refractivity contribution is 0.102. The van der Waals surface area contributed by atoms with Crippen LogP contribution in [0.3, 0.4) is 0 Å². The molecule has 0 saturated heterocycles. The molecule has 0 atom stereocenters. The number of rotatable bonds is 3. The minimum absolute atomic E-state index is 0.259. The second-order valence-electron chi connectivity index (χ2n) is 6.28. The lowest BCUT2D eigenvalue weighted by Crippen LogP contribution is -2.13. The van der Waals surface area contributed by atoms with Crippen molar-refractivity contribution < 1.29 is 9.21 Å². The molecule has 4 rings (SSSR count). The maximum atomic E-state index is 12.5. The van der Waals surface area contributed by atoms with E-state index in [1.54, 1.807) is 42.5 Å². The lowest BCUT2D eigenvalue weighted by Gasteiger charge is -2.07. The van der Waals surface area contributed by atoms with Gasteiger partial charge in [0, 0.05) is 14.5 Å². The third-order valence-corrected chi connectivity index (χ3v) is 5.50. The monoisotopic (exact) mass is 482 g/mol. The van der Waals surface area contributed by atoms with Crippen molar-refractivity contribution in [2.45, 2.75) is 6.92 Å². The minimum Gasteiger partial charge on any atom is -0.422 e. The molecule has 4 aromatic rings. The van der Waals surface area contributed by atoms with Crippen LogP contribution >= 0.6 is 22.6 Å². The number of benzene rings is 2. The number of pyridine rings is 1. The number of aryl methyl sites for hydroxylation is 1. The molecule has 0 bridgehead atoms. The van der Waals surface area contributed by atoms with Gasteiger partial charge >= 0.3 is 5.63 Å². The second kappa shape index (κ2) is 7.55. The highest BCUT2D eigenvalue weighted by atomic mass is 127. The number of aromatic nitrogens is 1. The quantitative estimate of drug-likeness (QED) is 0.329. The van der Waals surface area contributed by atoms with Gasteiger partial charge in [0.1, 0.15) is 11.4 Å². The molecule has 0 aliphatic carbocycles. The average molecular weight is 482 g/mol. The van der Waals surface area contributed by atoms with Gasteiger partial charge in [-0.1, -0.05) is 30.3 Å². The van der Waals surface area contributed by atoms with Gasteiger partial charge in [-0.25, -0.2) is 9.78 Å². The molecule has 1 N–H and O–H groups in total. The molecule has 0 saturated carbocycles. The Morgan fingerprint density at radius 3 is 2.54 bits per heavy atom. The molecule has 0 unspecified atom stereocenters. The first kappa shape index (κ1) is 18.4. The van der Waals surface area contributed by atoms with Gasteiger partial charge in [-0.2, -0.15) is 0 Å². The van der Waals surface area contributed by atoms with Crippen LogP contribution in [0.1, 0.15) is 16.1 Å². The van der Waals surface area contributed by atoms with Crippen molar-refractivity contribution in [2.75, 3.05) is 5.32 Å². The normalized spacial score (nSPS) is 10.8. The number of fused-ring (bicyclic) bond motifs is 1. The van der Waals surface area contributed by atoms with Crippen LogP contribution in [0.4, 0.5) is 5.82 Å². The molecular weight excluding hydrogens is 467 g/mol. The van der Waals surface area contributed by atoms with Crippen molar-refractivity contribution >= 4 is 45.3 Å². The van der Waals surface area contributed by atoms with Gasteiger partial charge in [-0.05, 0) is 71.5 Å². The summed E-state index contributed by atoms with van der Waals surface area (Å²) in [6, 6.07) is 19.7. The number of nitrogens with one attached hydrogen (secondary N) is 1. The van der Waals surface area contributed by atoms with Crippen molar-refractivity contribution in [2.24, 2.45) is 0 Å². The highest BCUT2D eigenvalue weighted by Crippen LogP contribution is 2.22. The maximum Gasteiger partial charge on any atom is 0.344 e. The van der Waals surface area contributed by atoms with E-state index in [1.807, 2.05) is 31.2 Å². The summed E-state index contributed by atoms with van der Waals surface area (Å²) in [6.07, 6.45) is 0. The predicted octanol–water partition coefficient (Wildman–Crippen LogP) is 5.02. The Morgan fingerprint density at radius 2 is 1.79 bits per heavy atom. The van der Waals surface area contributed by atoms with Gasteiger partial charge in [0.05, 0.1) is 11.3 Å². The summed E-state index contributed by atoms with van der Waals surface area (Å²) >= 11 is 2.19. The van der Waals surface area contributed by atoms with Gasteiger partial charge in [0.25, 0.3) is 5.91 Å². The third-order valence-electron chi connectivity index (χ3n) is 4.36. The molecule has 0 aliphatic rings. The Morgan fingerprint density at radius 1 is 1.04 bits per heavy atom. The largest absolute Gasteiger partial charge is 0.422 e. The second-order valence-corrected chi connectivity index (χ2v) is 7.44. The fraction of sp³-hybridized carbons (Fsp3) is 0.0455. The van der Waals surface area contributed by atoms with Gasteiger partial charge in [-0.15, -0.1) is 0 Å². The summed E-state index contributed by atoms with van der Waals surface area (Å²) in [4.78, 5) is 29.1. The Hall–Kier alpha value is -3.00. The summed E-state index contributed by atoms with van der Waals surface area (Å²) < 4.78 is 6.42. The Kier molecular flexibility index (Phi) is 4.95. The van der Waals surface area contributed by atoms with Gasteiger partial charge in [0.15, 0.2) is 0 Å². The number of para-hydroxylation sites is 1. The van der Waals surface area contributed by atoms with E-state index in [0.29, 0.717) is 28.1 Å². The Labute approximate surface area is 174 Å². The van der Waals surface area contributed by atoms with Crippen LogP contribution in [0.2, 0.25) is 0 Å². The third kappa shape index (κ3) is 3.68. The first-order valence-corrected chi connectivity index (χ1v) is 9.67. The van der Waals surface area contributed by atoms with E-state index >= 15 is 0 Å². The van der Waals surface area contributed by atoms with E-state index in [0.717, 1.165) is 14.7 Å². The highest BCUT2D eigenvalue weighted by molar-refractivity contribution is 14.1. The molecule has 2 heterocycles. The Bertz CT molecular complexity index is 1250. The van der Waals surface area contributed by atoms with Crippen molar-refractivity contribution in [1.29, 1.82) is 0 Å². The molecular formula is C22H15IN2O3. The number of carbonyl (C=O) groups excluding carboxylic acids is 1. The molecule has 2 aromatic heterocycles. The summed E-state index contributed by atoms with van der Waals surface area (Å²) in [5, 5.41) is 3.63. The van der Waals surface area contributed by atoms with Gasteiger partial charge in [-0.3, -0.25) is 4.79 Å². The van der Waals surface area contributed by atoms with E-state index in [9.17, 15) is 9.59 Å². The van der Waals surface area contributed by atoms with Crippen LogP contribution in [-0.2, 0) is 0 Å². The number of halogens is 1. The molecule has 0 spiro atoms.